The highest BCUT2D eigenvalue weighted by Gasteiger charge is 2.58. The van der Waals surface area contributed by atoms with Gasteiger partial charge in [0.25, 0.3) is 8.32 Å². The van der Waals surface area contributed by atoms with E-state index in [1.54, 1.807) is 12.1 Å². The Morgan fingerprint density at radius 1 is 1.00 bits per heavy atom. The number of hydrogen-bond acceptors (Lipinski definition) is 7. The minimum Gasteiger partial charge on any atom is -0.508 e. The van der Waals surface area contributed by atoms with Crippen molar-refractivity contribution in [1.82, 2.24) is 4.90 Å². The number of carbonyl (C=O) groups is 2. The summed E-state index contributed by atoms with van der Waals surface area (Å²) in [5, 5.41) is 25.6. The number of carbonyl (C=O) groups excluding carboxylic acids is 2. The lowest BCUT2D eigenvalue weighted by molar-refractivity contribution is -0.140. The lowest BCUT2D eigenvalue weighted by atomic mass is 9.58. The van der Waals surface area contributed by atoms with Crippen LogP contribution in [0.2, 0.25) is 16.4 Å². The van der Waals surface area contributed by atoms with Gasteiger partial charge in [0.1, 0.15) is 5.75 Å². The van der Waals surface area contributed by atoms with Crippen molar-refractivity contribution >= 4 is 66.6 Å². The fourth-order valence-corrected chi connectivity index (χ4v) is 14.4. The topological polar surface area (TPSA) is 96.3 Å². The van der Waals surface area contributed by atoms with Gasteiger partial charge in [-0.05, 0) is 100 Å². The first kappa shape index (κ1) is 38.5. The number of likely N-dealkylation sites (tertiary alicyclic amines) is 1. The molecule has 0 spiro atoms. The van der Waals surface area contributed by atoms with Crippen LogP contribution in [0.25, 0.3) is 6.08 Å². The van der Waals surface area contributed by atoms with Crippen LogP contribution in [0.1, 0.15) is 57.4 Å². The summed E-state index contributed by atoms with van der Waals surface area (Å²) < 4.78 is 13.9. The molecule has 3 heterocycles. The molecule has 54 heavy (non-hydrogen) atoms. The van der Waals surface area contributed by atoms with Gasteiger partial charge in [-0.2, -0.15) is 0 Å². The summed E-state index contributed by atoms with van der Waals surface area (Å²) in [5.41, 5.74) is 3.84. The number of allylic oxidation sites excluding steroid dienone is 1. The standard InChI is InChI=1S/C43H47BClNO6SSi/c1-28(22-29-18-19-31(47)24-37(29)45)17-20-38-39-30(27-51-54(43(2,3)4,33-13-7-5-8-14-33)34-15-9-6-10-16-34)23-35-40(36(39)25-44(50)52-38)42(49)46(41(35)48)26-32-12-11-21-53-32/h5-16,18-19,21-22,24,35-36,38,40,47,50H,17,20,23,25-27H2,1-4H3/b28-22+/t35-,36+,38-,40-/m1/s1. The van der Waals surface area contributed by atoms with E-state index in [2.05, 4.69) is 69.3 Å². The predicted octanol–water partition coefficient (Wildman–Crippen LogP) is 7.86. The van der Waals surface area contributed by atoms with Crippen LogP contribution >= 0.6 is 22.9 Å². The highest BCUT2D eigenvalue weighted by Crippen LogP contribution is 2.51. The number of amides is 2. The quantitative estimate of drug-likeness (QED) is 0.0915. The third kappa shape index (κ3) is 7.44. The maximum absolute atomic E-state index is 14.3. The largest absolute Gasteiger partial charge is 0.508 e. The molecule has 2 aliphatic heterocycles. The van der Waals surface area contributed by atoms with E-state index < -0.39 is 33.4 Å². The number of hydrogen-bond donors (Lipinski definition) is 2. The molecule has 2 N–H and O–H groups in total. The normalized spacial score (nSPS) is 22.1. The maximum atomic E-state index is 14.3. The van der Waals surface area contributed by atoms with E-state index in [0.29, 0.717) is 24.3 Å². The third-order valence-corrected chi connectivity index (χ3v) is 17.5. The molecule has 0 bridgehead atoms. The van der Waals surface area contributed by atoms with Gasteiger partial charge in [-0.3, -0.25) is 14.5 Å². The van der Waals surface area contributed by atoms with Gasteiger partial charge in [0, 0.05) is 4.88 Å². The molecule has 280 valence electrons. The Labute approximate surface area is 328 Å². The Kier molecular flexibility index (Phi) is 11.2. The summed E-state index contributed by atoms with van der Waals surface area (Å²) in [7, 11) is -4.04. The molecule has 1 aromatic heterocycles. The van der Waals surface area contributed by atoms with Crippen molar-refractivity contribution in [2.24, 2.45) is 17.8 Å². The molecule has 3 aliphatic rings. The highest BCUT2D eigenvalue weighted by atomic mass is 35.5. The fraction of sp³-hybridized carbons (Fsp3) is 0.349. The molecular weight excluding hydrogens is 733 g/mol. The van der Waals surface area contributed by atoms with Crippen LogP contribution in [-0.4, -0.2) is 55.0 Å². The van der Waals surface area contributed by atoms with Crippen molar-refractivity contribution in [2.45, 2.75) is 71.0 Å². The Morgan fingerprint density at radius 3 is 2.30 bits per heavy atom. The zero-order chi connectivity index (χ0) is 38.2. The third-order valence-electron chi connectivity index (χ3n) is 11.4. The van der Waals surface area contributed by atoms with E-state index in [1.807, 2.05) is 42.6 Å². The van der Waals surface area contributed by atoms with Crippen molar-refractivity contribution < 1.29 is 28.8 Å². The number of phenolic OH excluding ortho intramolecular Hbond substituents is 1. The predicted molar refractivity (Wildman–Crippen MR) is 219 cm³/mol. The lowest BCUT2D eigenvalue weighted by Crippen LogP contribution is -2.66. The molecule has 2 amide bonds. The van der Waals surface area contributed by atoms with Crippen LogP contribution in [0.3, 0.4) is 0 Å². The number of phenols is 1. The van der Waals surface area contributed by atoms with Crippen LogP contribution < -0.4 is 10.4 Å². The minimum atomic E-state index is -2.96. The summed E-state index contributed by atoms with van der Waals surface area (Å²) in [6.07, 6.45) is 3.35. The number of thiophene rings is 1. The molecule has 1 aliphatic carbocycles. The summed E-state index contributed by atoms with van der Waals surface area (Å²) in [5.74, 6) is -1.68. The van der Waals surface area contributed by atoms with E-state index in [9.17, 15) is 19.7 Å². The molecule has 11 heteroatoms. The molecule has 7 rings (SSSR count). The minimum absolute atomic E-state index is 0.106. The van der Waals surface area contributed by atoms with Gasteiger partial charge < -0.3 is 19.2 Å². The first-order valence-electron chi connectivity index (χ1n) is 18.7. The Bertz CT molecular complexity index is 2010. The van der Waals surface area contributed by atoms with E-state index in [0.717, 1.165) is 37.5 Å². The zero-order valence-electron chi connectivity index (χ0n) is 31.2. The smallest absolute Gasteiger partial charge is 0.455 e. The van der Waals surface area contributed by atoms with Crippen LogP contribution in [0, 0.1) is 17.8 Å². The van der Waals surface area contributed by atoms with Crippen molar-refractivity contribution in [3.8, 4) is 5.75 Å². The van der Waals surface area contributed by atoms with E-state index in [4.69, 9.17) is 20.7 Å². The van der Waals surface area contributed by atoms with Gasteiger partial charge in [0.2, 0.25) is 11.8 Å². The van der Waals surface area contributed by atoms with Crippen LogP contribution in [-0.2, 0) is 25.2 Å². The second kappa shape index (κ2) is 15.8. The van der Waals surface area contributed by atoms with E-state index >= 15 is 0 Å². The molecule has 0 unspecified atom stereocenters. The molecule has 4 aromatic rings. The molecule has 0 saturated carbocycles. The molecule has 4 atom stereocenters. The van der Waals surface area contributed by atoms with Crippen molar-refractivity contribution in [3.05, 3.63) is 129 Å². The summed E-state index contributed by atoms with van der Waals surface area (Å²) in [6, 6.07) is 29.8. The van der Waals surface area contributed by atoms with Crippen LogP contribution in [0.15, 0.2) is 113 Å². The maximum Gasteiger partial charge on any atom is 0.455 e. The van der Waals surface area contributed by atoms with Crippen molar-refractivity contribution in [3.63, 3.8) is 0 Å². The summed E-state index contributed by atoms with van der Waals surface area (Å²) in [6.45, 7) is 9.30. The number of fused-ring (bicyclic) bond motifs is 3. The van der Waals surface area contributed by atoms with Crippen molar-refractivity contribution in [1.29, 1.82) is 0 Å². The first-order valence-corrected chi connectivity index (χ1v) is 21.9. The Balaban J connectivity index is 1.28. The van der Waals surface area contributed by atoms with E-state index in [-0.39, 0.29) is 48.0 Å². The summed E-state index contributed by atoms with van der Waals surface area (Å²) >= 11 is 7.97. The monoisotopic (exact) mass is 779 g/mol. The molecule has 2 saturated heterocycles. The highest BCUT2D eigenvalue weighted by molar-refractivity contribution is 7.09. The average molecular weight is 780 g/mol. The Morgan fingerprint density at radius 2 is 1.69 bits per heavy atom. The zero-order valence-corrected chi connectivity index (χ0v) is 33.8. The number of halogens is 1. The fourth-order valence-electron chi connectivity index (χ4n) is 8.96. The number of rotatable bonds is 11. The number of benzene rings is 3. The van der Waals surface area contributed by atoms with Gasteiger partial charge in [-0.15, -0.1) is 11.3 Å². The van der Waals surface area contributed by atoms with Crippen LogP contribution in [0.5, 0.6) is 5.75 Å². The average Bonchev–Trinajstić information content (AvgIpc) is 3.75. The SMILES string of the molecule is C/C(=C\c1ccc(O)cc1Cl)CC[C@H]1OB(O)C[C@H]2C1=C(CO[Si](c1ccccc1)(c1ccccc1)C(C)(C)C)C[C@H]1C(=O)N(Cc3cccs3)C(=O)[C@H]12. The van der Waals surface area contributed by atoms with Gasteiger partial charge >= 0.3 is 7.12 Å². The molecule has 7 nitrogen and oxygen atoms in total. The molecule has 2 fully saturated rings. The summed E-state index contributed by atoms with van der Waals surface area (Å²) in [4.78, 5) is 30.9. The van der Waals surface area contributed by atoms with Gasteiger partial charge in [-0.1, -0.05) is 111 Å². The van der Waals surface area contributed by atoms with E-state index in [1.165, 1.54) is 22.3 Å². The van der Waals surface area contributed by atoms with Gasteiger partial charge in [-0.25, -0.2) is 0 Å². The van der Waals surface area contributed by atoms with Gasteiger partial charge in [0.05, 0.1) is 36.1 Å². The molecule has 3 aromatic carbocycles. The molecule has 0 radical (unpaired) electrons. The van der Waals surface area contributed by atoms with Crippen molar-refractivity contribution in [2.75, 3.05) is 6.61 Å². The van der Waals surface area contributed by atoms with Gasteiger partial charge in [0.15, 0.2) is 0 Å². The van der Waals surface area contributed by atoms with Crippen LogP contribution in [0.4, 0.5) is 0 Å². The first-order chi connectivity index (χ1) is 25.9. The molecular formula is C43H47BClNO6SSi. The number of aromatic hydroxyl groups is 1. The Hall–Kier alpha value is -3.77. The number of nitrogens with zero attached hydrogens (tertiary/aromatic N) is 1. The number of imide groups is 1. The second-order valence-electron chi connectivity index (χ2n) is 15.8. The second-order valence-corrected chi connectivity index (χ2v) is 21.6. The lowest BCUT2D eigenvalue weighted by Gasteiger charge is -2.46.